The summed E-state index contributed by atoms with van der Waals surface area (Å²) in [4.78, 5) is 17.2. The van der Waals surface area contributed by atoms with E-state index in [0.717, 1.165) is 27.0 Å². The summed E-state index contributed by atoms with van der Waals surface area (Å²) >= 11 is 4.76. The lowest BCUT2D eigenvalue weighted by Gasteiger charge is -2.17. The van der Waals surface area contributed by atoms with Crippen molar-refractivity contribution in [1.82, 2.24) is 19.7 Å². The van der Waals surface area contributed by atoms with Gasteiger partial charge in [-0.15, -0.1) is 5.10 Å². The summed E-state index contributed by atoms with van der Waals surface area (Å²) in [6.07, 6.45) is 0. The van der Waals surface area contributed by atoms with Crippen molar-refractivity contribution in [1.29, 1.82) is 0 Å². The minimum Gasteiger partial charge on any atom is -0.383 e. The molecular weight excluding hydrogens is 440 g/mol. The molecule has 0 saturated heterocycles. The second-order valence-corrected chi connectivity index (χ2v) is 8.50. The number of carbonyl (C=O) groups excluding carboxylic acids is 1. The van der Waals surface area contributed by atoms with Gasteiger partial charge in [-0.05, 0) is 39.0 Å². The lowest BCUT2D eigenvalue weighted by Crippen LogP contribution is -2.14. The number of nitrogens with one attached hydrogen (secondary N) is 1. The molecule has 0 spiro atoms. The maximum atomic E-state index is 12.8. The first kappa shape index (κ1) is 20.8. The second-order valence-electron chi connectivity index (χ2n) is 6.64. The van der Waals surface area contributed by atoms with E-state index in [-0.39, 0.29) is 11.8 Å². The van der Waals surface area contributed by atoms with Gasteiger partial charge in [0, 0.05) is 34.1 Å². The first-order valence-electron chi connectivity index (χ1n) is 8.92. The molecule has 0 unspecified atom stereocenters. The van der Waals surface area contributed by atoms with Gasteiger partial charge in [0.25, 0.3) is 0 Å². The average Bonchev–Trinajstić information content (AvgIpc) is 3.25. The highest BCUT2D eigenvalue weighted by atomic mass is 79.9. The maximum Gasteiger partial charge on any atom is 0.209 e. The Balaban J connectivity index is 1.68. The molecule has 0 aliphatic heterocycles. The van der Waals surface area contributed by atoms with E-state index >= 15 is 0 Å². The lowest BCUT2D eigenvalue weighted by atomic mass is 10.2. The van der Waals surface area contributed by atoms with Crippen molar-refractivity contribution in [2.75, 3.05) is 19.5 Å². The molecule has 6 nitrogen and oxygen atoms in total. The number of hydrogen-bond donors (Lipinski definition) is 1. The Labute approximate surface area is 177 Å². The normalized spacial score (nSPS) is 12.3. The molecule has 2 aromatic heterocycles. The maximum absolute atomic E-state index is 12.8. The average molecular weight is 463 g/mol. The van der Waals surface area contributed by atoms with E-state index in [0.29, 0.717) is 23.3 Å². The molecule has 0 aliphatic rings. The quantitative estimate of drug-likeness (QED) is 0.383. The number of aryl methyl sites for hydroxylation is 1. The Morgan fingerprint density at radius 1 is 1.32 bits per heavy atom. The number of aromatic nitrogens is 4. The van der Waals surface area contributed by atoms with Gasteiger partial charge in [-0.25, -0.2) is 4.98 Å². The second kappa shape index (κ2) is 9.07. The third-order valence-electron chi connectivity index (χ3n) is 4.55. The molecule has 1 aromatic carbocycles. The van der Waals surface area contributed by atoms with Crippen LogP contribution < -0.4 is 0 Å². The van der Waals surface area contributed by atoms with Crippen molar-refractivity contribution in [3.05, 3.63) is 51.8 Å². The summed E-state index contributed by atoms with van der Waals surface area (Å²) in [6.45, 7) is 6.69. The molecule has 28 heavy (non-hydrogen) atoms. The van der Waals surface area contributed by atoms with Crippen molar-refractivity contribution < 1.29 is 9.53 Å². The molecule has 1 N–H and O–H groups in total. The van der Waals surface area contributed by atoms with Crippen LogP contribution in [0, 0.1) is 13.8 Å². The number of thioether (sulfide) groups is 1. The molecule has 3 rings (SSSR count). The van der Waals surface area contributed by atoms with Gasteiger partial charge in [0.1, 0.15) is 0 Å². The number of nitrogens with zero attached hydrogens (tertiary/aromatic N) is 3. The minimum absolute atomic E-state index is 0.0731. The van der Waals surface area contributed by atoms with Crippen LogP contribution in [0.25, 0.3) is 11.4 Å². The number of ketones is 1. The summed E-state index contributed by atoms with van der Waals surface area (Å²) in [5.41, 5.74) is 3.73. The predicted octanol–water partition coefficient (Wildman–Crippen LogP) is 4.83. The van der Waals surface area contributed by atoms with Crippen molar-refractivity contribution in [2.45, 2.75) is 32.0 Å². The van der Waals surface area contributed by atoms with Crippen LogP contribution in [0.4, 0.5) is 0 Å². The van der Waals surface area contributed by atoms with E-state index in [9.17, 15) is 4.79 Å². The van der Waals surface area contributed by atoms with Gasteiger partial charge in [0.15, 0.2) is 11.6 Å². The molecule has 2 heterocycles. The summed E-state index contributed by atoms with van der Waals surface area (Å²) < 4.78 is 8.42. The molecule has 1 atom stereocenters. The molecule has 148 valence electrons. The number of halogens is 1. The topological polar surface area (TPSA) is 72.8 Å². The highest BCUT2D eigenvalue weighted by Crippen LogP contribution is 2.25. The van der Waals surface area contributed by atoms with Crippen LogP contribution in [0.5, 0.6) is 0 Å². The van der Waals surface area contributed by atoms with Gasteiger partial charge in [-0.2, -0.15) is 0 Å². The highest BCUT2D eigenvalue weighted by Gasteiger charge is 2.19. The predicted molar refractivity (Wildman–Crippen MR) is 115 cm³/mol. The summed E-state index contributed by atoms with van der Waals surface area (Å²) in [6, 6.07) is 9.96. The zero-order valence-electron chi connectivity index (χ0n) is 16.3. The Hall–Kier alpha value is -1.90. The van der Waals surface area contributed by atoms with E-state index < -0.39 is 0 Å². The molecule has 0 aliphatic carbocycles. The SMILES string of the molecule is COC[C@@H](C)n1c(C)cc(C(=O)CSc2n[nH]c(-c3ccc(Br)cc3)n2)c1C. The molecule has 0 amide bonds. The highest BCUT2D eigenvalue weighted by molar-refractivity contribution is 9.10. The van der Waals surface area contributed by atoms with Gasteiger partial charge in [-0.3, -0.25) is 9.89 Å². The molecule has 0 saturated carbocycles. The molecule has 0 fully saturated rings. The lowest BCUT2D eigenvalue weighted by molar-refractivity contribution is 0.102. The number of carbonyl (C=O) groups is 1. The van der Waals surface area contributed by atoms with E-state index in [1.807, 2.05) is 44.2 Å². The number of Topliss-reactive ketones (excluding diaryl/α,β-unsaturated/α-hetero) is 1. The van der Waals surface area contributed by atoms with Crippen LogP contribution in [0.15, 0.2) is 40.0 Å². The smallest absolute Gasteiger partial charge is 0.209 e. The molecule has 0 radical (unpaired) electrons. The van der Waals surface area contributed by atoms with Crippen molar-refractivity contribution >= 4 is 33.5 Å². The first-order valence-corrected chi connectivity index (χ1v) is 10.7. The first-order chi connectivity index (χ1) is 13.4. The van der Waals surface area contributed by atoms with Crippen LogP contribution in [0.2, 0.25) is 0 Å². The Bertz CT molecular complexity index is 965. The fourth-order valence-electron chi connectivity index (χ4n) is 3.31. The number of ether oxygens (including phenoxy) is 1. The van der Waals surface area contributed by atoms with Crippen LogP contribution in [-0.2, 0) is 4.74 Å². The molecule has 0 bridgehead atoms. The molecule has 3 aromatic rings. The number of rotatable bonds is 8. The molecule has 8 heteroatoms. The third-order valence-corrected chi connectivity index (χ3v) is 5.92. The van der Waals surface area contributed by atoms with Crippen LogP contribution in [0.3, 0.4) is 0 Å². The van der Waals surface area contributed by atoms with Crippen molar-refractivity contribution in [3.8, 4) is 11.4 Å². The fourth-order valence-corrected chi connectivity index (χ4v) is 4.26. The zero-order chi connectivity index (χ0) is 20.3. The summed E-state index contributed by atoms with van der Waals surface area (Å²) in [7, 11) is 1.69. The van der Waals surface area contributed by atoms with Crippen LogP contribution >= 0.6 is 27.7 Å². The van der Waals surface area contributed by atoms with Gasteiger partial charge in [-0.1, -0.05) is 39.8 Å². The van der Waals surface area contributed by atoms with Gasteiger partial charge >= 0.3 is 0 Å². The fraction of sp³-hybridized carbons (Fsp3) is 0.350. The van der Waals surface area contributed by atoms with Gasteiger partial charge in [0.05, 0.1) is 18.4 Å². The van der Waals surface area contributed by atoms with Gasteiger partial charge < -0.3 is 9.30 Å². The Morgan fingerprint density at radius 2 is 2.04 bits per heavy atom. The van der Waals surface area contributed by atoms with Crippen LogP contribution in [0.1, 0.15) is 34.7 Å². The third kappa shape index (κ3) is 4.56. The van der Waals surface area contributed by atoms with Crippen molar-refractivity contribution in [3.63, 3.8) is 0 Å². The number of aromatic amines is 1. The summed E-state index contributed by atoms with van der Waals surface area (Å²) in [5.74, 6) is 1.05. The Morgan fingerprint density at radius 3 is 2.71 bits per heavy atom. The summed E-state index contributed by atoms with van der Waals surface area (Å²) in [5, 5.41) is 7.71. The minimum atomic E-state index is 0.0731. The van der Waals surface area contributed by atoms with Crippen LogP contribution in [-0.4, -0.2) is 45.0 Å². The number of benzene rings is 1. The zero-order valence-corrected chi connectivity index (χ0v) is 18.7. The van der Waals surface area contributed by atoms with Gasteiger partial charge in [0.2, 0.25) is 5.16 Å². The van der Waals surface area contributed by atoms with E-state index in [1.165, 1.54) is 11.8 Å². The molecular formula is C20H23BrN4O2S. The van der Waals surface area contributed by atoms with E-state index in [1.54, 1.807) is 7.11 Å². The standard InChI is InChI=1S/C20H23BrN4O2S/c1-12-9-17(14(3)25(12)13(2)10-27-4)18(26)11-28-20-22-19(23-24-20)15-5-7-16(21)8-6-15/h5-9,13H,10-11H2,1-4H3,(H,22,23,24)/t13-/m1/s1. The monoisotopic (exact) mass is 462 g/mol. The van der Waals surface area contributed by atoms with E-state index in [4.69, 9.17) is 4.74 Å². The number of methoxy groups -OCH3 is 1. The number of H-pyrrole nitrogens is 1. The van der Waals surface area contributed by atoms with Crippen molar-refractivity contribution in [2.24, 2.45) is 0 Å². The Kier molecular flexibility index (Phi) is 6.74. The number of hydrogen-bond acceptors (Lipinski definition) is 5. The largest absolute Gasteiger partial charge is 0.383 e. The van der Waals surface area contributed by atoms with E-state index in [2.05, 4.69) is 42.6 Å².